The highest BCUT2D eigenvalue weighted by molar-refractivity contribution is 5.95. The Balaban J connectivity index is 1.53. The van der Waals surface area contributed by atoms with Crippen LogP contribution in [0.1, 0.15) is 26.2 Å². The Morgan fingerprint density at radius 1 is 1.00 bits per heavy atom. The molecule has 0 atom stereocenters. The van der Waals surface area contributed by atoms with Gasteiger partial charge >= 0.3 is 0 Å². The zero-order valence-corrected chi connectivity index (χ0v) is 15.2. The van der Waals surface area contributed by atoms with E-state index in [1.807, 2.05) is 42.5 Å². The number of ether oxygens (including phenoxy) is 2. The number of para-hydroxylation sites is 2. The first-order chi connectivity index (χ1) is 12.8. The van der Waals surface area contributed by atoms with Gasteiger partial charge in [0.05, 0.1) is 18.0 Å². The van der Waals surface area contributed by atoms with E-state index in [1.165, 1.54) is 12.8 Å². The van der Waals surface area contributed by atoms with Gasteiger partial charge in [0.1, 0.15) is 11.5 Å². The molecule has 3 rings (SSSR count). The molecule has 1 amide bonds. The van der Waals surface area contributed by atoms with Gasteiger partial charge in [0.15, 0.2) is 6.61 Å². The first kappa shape index (κ1) is 18.1. The molecule has 0 radical (unpaired) electrons. The maximum atomic E-state index is 12.3. The summed E-state index contributed by atoms with van der Waals surface area (Å²) < 4.78 is 11.1. The lowest BCUT2D eigenvalue weighted by Gasteiger charge is -2.21. The highest BCUT2D eigenvalue weighted by Crippen LogP contribution is 2.28. The summed E-state index contributed by atoms with van der Waals surface area (Å²) in [5, 5.41) is 2.97. The molecule has 1 fully saturated rings. The van der Waals surface area contributed by atoms with Gasteiger partial charge in [-0.25, -0.2) is 0 Å². The third-order valence-corrected chi connectivity index (χ3v) is 4.29. The maximum Gasteiger partial charge on any atom is 0.262 e. The maximum absolute atomic E-state index is 12.3. The van der Waals surface area contributed by atoms with Crippen LogP contribution in [0.3, 0.4) is 0 Å². The van der Waals surface area contributed by atoms with Crippen molar-refractivity contribution in [1.82, 2.24) is 0 Å². The van der Waals surface area contributed by atoms with Gasteiger partial charge in [-0.05, 0) is 55.7 Å². The van der Waals surface area contributed by atoms with Crippen molar-refractivity contribution in [2.45, 2.75) is 26.2 Å². The van der Waals surface area contributed by atoms with Crippen molar-refractivity contribution < 1.29 is 14.3 Å². The highest BCUT2D eigenvalue weighted by Gasteiger charge is 2.16. The molecule has 2 aromatic rings. The van der Waals surface area contributed by atoms with E-state index in [0.29, 0.717) is 12.4 Å². The smallest absolute Gasteiger partial charge is 0.262 e. The van der Waals surface area contributed by atoms with E-state index >= 15 is 0 Å². The van der Waals surface area contributed by atoms with Gasteiger partial charge in [-0.2, -0.15) is 0 Å². The molecule has 0 unspecified atom stereocenters. The van der Waals surface area contributed by atoms with Crippen LogP contribution in [0.5, 0.6) is 11.5 Å². The Kier molecular flexibility index (Phi) is 6.36. The third kappa shape index (κ3) is 4.91. The van der Waals surface area contributed by atoms with E-state index in [2.05, 4.69) is 23.2 Å². The number of hydrogen-bond acceptors (Lipinski definition) is 4. The van der Waals surface area contributed by atoms with E-state index in [-0.39, 0.29) is 12.5 Å². The van der Waals surface area contributed by atoms with Gasteiger partial charge in [0.25, 0.3) is 5.91 Å². The average molecular weight is 354 g/mol. The Hall–Kier alpha value is -2.69. The number of anilines is 2. The number of rotatable bonds is 8. The average Bonchev–Trinajstić information content (AvgIpc) is 3.20. The predicted molar refractivity (Wildman–Crippen MR) is 104 cm³/mol. The monoisotopic (exact) mass is 354 g/mol. The van der Waals surface area contributed by atoms with E-state index in [0.717, 1.165) is 36.6 Å². The SMILES string of the molecule is CCCOc1ccc(OCC(=O)Nc2ccccc2N2CCCC2)cc1. The van der Waals surface area contributed by atoms with Crippen molar-refractivity contribution >= 4 is 17.3 Å². The van der Waals surface area contributed by atoms with E-state index in [1.54, 1.807) is 0 Å². The van der Waals surface area contributed by atoms with Crippen molar-refractivity contribution in [1.29, 1.82) is 0 Å². The van der Waals surface area contributed by atoms with Crippen LogP contribution in [0.25, 0.3) is 0 Å². The van der Waals surface area contributed by atoms with Crippen molar-refractivity contribution in [3.63, 3.8) is 0 Å². The molecule has 5 nitrogen and oxygen atoms in total. The summed E-state index contributed by atoms with van der Waals surface area (Å²) in [6, 6.07) is 15.3. The van der Waals surface area contributed by atoms with Crippen molar-refractivity contribution in [3.8, 4) is 11.5 Å². The zero-order valence-electron chi connectivity index (χ0n) is 15.2. The van der Waals surface area contributed by atoms with Crippen LogP contribution in [-0.2, 0) is 4.79 Å². The molecule has 1 saturated heterocycles. The molecule has 0 aliphatic carbocycles. The lowest BCUT2D eigenvalue weighted by atomic mass is 10.2. The number of carbonyl (C=O) groups is 1. The number of benzene rings is 2. The molecular formula is C21H26N2O3. The molecule has 1 N–H and O–H groups in total. The molecule has 5 heteroatoms. The Morgan fingerprint density at radius 2 is 1.65 bits per heavy atom. The number of hydrogen-bond donors (Lipinski definition) is 1. The Morgan fingerprint density at radius 3 is 2.35 bits per heavy atom. The Bertz CT molecular complexity index is 709. The van der Waals surface area contributed by atoms with E-state index < -0.39 is 0 Å². The molecule has 1 aliphatic rings. The van der Waals surface area contributed by atoms with Crippen LogP contribution >= 0.6 is 0 Å². The molecular weight excluding hydrogens is 328 g/mol. The quantitative estimate of drug-likeness (QED) is 0.776. The van der Waals surface area contributed by atoms with Gasteiger partial charge in [-0.1, -0.05) is 19.1 Å². The van der Waals surface area contributed by atoms with Crippen LogP contribution < -0.4 is 19.7 Å². The summed E-state index contributed by atoms with van der Waals surface area (Å²) in [6.45, 7) is 4.81. The number of carbonyl (C=O) groups excluding carboxylic acids is 1. The van der Waals surface area contributed by atoms with Crippen LogP contribution in [-0.4, -0.2) is 32.2 Å². The summed E-state index contributed by atoms with van der Waals surface area (Å²) in [6.07, 6.45) is 3.37. The molecule has 0 aromatic heterocycles. The fourth-order valence-electron chi connectivity index (χ4n) is 3.00. The number of nitrogens with zero attached hydrogens (tertiary/aromatic N) is 1. The minimum Gasteiger partial charge on any atom is -0.494 e. The summed E-state index contributed by atoms with van der Waals surface area (Å²) >= 11 is 0. The first-order valence-corrected chi connectivity index (χ1v) is 9.26. The van der Waals surface area contributed by atoms with E-state index in [9.17, 15) is 4.79 Å². The molecule has 26 heavy (non-hydrogen) atoms. The van der Waals surface area contributed by atoms with Gasteiger partial charge in [0.2, 0.25) is 0 Å². The summed E-state index contributed by atoms with van der Waals surface area (Å²) in [7, 11) is 0. The normalized spacial score (nSPS) is 13.5. The minimum atomic E-state index is -0.164. The molecule has 1 aliphatic heterocycles. The molecule has 0 spiro atoms. The van der Waals surface area contributed by atoms with Crippen LogP contribution in [0.15, 0.2) is 48.5 Å². The second kappa shape index (κ2) is 9.13. The number of nitrogens with one attached hydrogen (secondary N) is 1. The molecule has 0 bridgehead atoms. The second-order valence-electron chi connectivity index (χ2n) is 6.37. The van der Waals surface area contributed by atoms with Gasteiger partial charge in [0, 0.05) is 13.1 Å². The zero-order chi connectivity index (χ0) is 18.2. The topological polar surface area (TPSA) is 50.8 Å². The molecule has 1 heterocycles. The van der Waals surface area contributed by atoms with Crippen LogP contribution in [0, 0.1) is 0 Å². The van der Waals surface area contributed by atoms with Crippen LogP contribution in [0.2, 0.25) is 0 Å². The fraction of sp³-hybridized carbons (Fsp3) is 0.381. The lowest BCUT2D eigenvalue weighted by Crippen LogP contribution is -2.24. The minimum absolute atomic E-state index is 0.0243. The van der Waals surface area contributed by atoms with Crippen molar-refractivity contribution in [3.05, 3.63) is 48.5 Å². The summed E-state index contributed by atoms with van der Waals surface area (Å²) in [4.78, 5) is 14.6. The van der Waals surface area contributed by atoms with Crippen LogP contribution in [0.4, 0.5) is 11.4 Å². The number of amides is 1. The van der Waals surface area contributed by atoms with Gasteiger partial charge in [-0.3, -0.25) is 4.79 Å². The second-order valence-corrected chi connectivity index (χ2v) is 6.37. The Labute approximate surface area is 154 Å². The molecule has 2 aromatic carbocycles. The largest absolute Gasteiger partial charge is 0.494 e. The fourth-order valence-corrected chi connectivity index (χ4v) is 3.00. The van der Waals surface area contributed by atoms with Crippen molar-refractivity contribution in [2.24, 2.45) is 0 Å². The standard InChI is InChI=1S/C21H26N2O3/c1-2-15-25-17-9-11-18(12-10-17)26-16-21(24)22-19-7-3-4-8-20(19)23-13-5-6-14-23/h3-4,7-12H,2,5-6,13-16H2,1H3,(H,22,24). The summed E-state index contributed by atoms with van der Waals surface area (Å²) in [5.41, 5.74) is 1.92. The highest BCUT2D eigenvalue weighted by atomic mass is 16.5. The predicted octanol–water partition coefficient (Wildman–Crippen LogP) is 4.09. The third-order valence-electron chi connectivity index (χ3n) is 4.29. The van der Waals surface area contributed by atoms with E-state index in [4.69, 9.17) is 9.47 Å². The summed E-state index contributed by atoms with van der Waals surface area (Å²) in [5.74, 6) is 1.29. The molecule has 0 saturated carbocycles. The van der Waals surface area contributed by atoms with Gasteiger partial charge in [-0.15, -0.1) is 0 Å². The molecule has 138 valence electrons. The lowest BCUT2D eigenvalue weighted by molar-refractivity contribution is -0.118. The first-order valence-electron chi connectivity index (χ1n) is 9.26. The van der Waals surface area contributed by atoms with Crippen molar-refractivity contribution in [2.75, 3.05) is 36.5 Å². The van der Waals surface area contributed by atoms with Gasteiger partial charge < -0.3 is 19.7 Å².